The van der Waals surface area contributed by atoms with Crippen molar-refractivity contribution in [1.29, 1.82) is 0 Å². The normalized spacial score (nSPS) is 15.6. The molecule has 146 valence electrons. The van der Waals surface area contributed by atoms with Crippen LogP contribution in [-0.2, 0) is 16.7 Å². The number of para-hydroxylation sites is 1. The first-order chi connectivity index (χ1) is 13.0. The number of hydrogen-bond donors (Lipinski definition) is 1. The van der Waals surface area contributed by atoms with Crippen molar-refractivity contribution in [2.45, 2.75) is 63.1 Å². The van der Waals surface area contributed by atoms with E-state index >= 15 is 0 Å². The van der Waals surface area contributed by atoms with Crippen LogP contribution in [-0.4, -0.2) is 19.1 Å². The summed E-state index contributed by atoms with van der Waals surface area (Å²) < 4.78 is 35.5. The van der Waals surface area contributed by atoms with Gasteiger partial charge < -0.3 is 14.8 Å². The second kappa shape index (κ2) is 10.6. The van der Waals surface area contributed by atoms with Crippen LogP contribution < -0.4 is 39.8 Å². The molecule has 0 fully saturated rings. The van der Waals surface area contributed by atoms with Crippen molar-refractivity contribution in [3.63, 3.8) is 0 Å². The second-order valence-electron chi connectivity index (χ2n) is 7.08. The van der Waals surface area contributed by atoms with E-state index in [0.29, 0.717) is 12.2 Å². The Morgan fingerprint density at radius 1 is 1.00 bits per heavy atom. The molecule has 5 nitrogen and oxygen atoms in total. The first kappa shape index (κ1) is 23.2. The zero-order valence-electron chi connectivity index (χ0n) is 16.7. The van der Waals surface area contributed by atoms with Crippen LogP contribution in [0.1, 0.15) is 51.0 Å². The van der Waals surface area contributed by atoms with E-state index in [1.54, 1.807) is 6.07 Å². The number of fused-ring (bicyclic) bond motifs is 1. The molecule has 0 aliphatic carbocycles. The molecule has 0 amide bonds. The van der Waals surface area contributed by atoms with Crippen LogP contribution in [0.4, 0.5) is 11.4 Å². The third-order valence-electron chi connectivity index (χ3n) is 5.03. The molecule has 28 heavy (non-hydrogen) atoms. The minimum atomic E-state index is -4.54. The quantitative estimate of drug-likeness (QED) is 0.387. The minimum Gasteiger partial charge on any atom is -0.744 e. The zero-order valence-corrected chi connectivity index (χ0v) is 19.5. The average Bonchev–Trinajstić information content (AvgIpc) is 2.99. The van der Waals surface area contributed by atoms with Gasteiger partial charge >= 0.3 is 29.6 Å². The molecule has 0 spiro atoms. The van der Waals surface area contributed by atoms with Crippen LogP contribution in [0.3, 0.4) is 0 Å². The molecular formula is C21H27N2NaO3S. The maximum atomic E-state index is 11.8. The standard InChI is InChI=1S/C21H28N2O3S.Na/c1-2-3-4-5-9-15-20-22-18-13-10-14-19(27(24,25)26)21(18)23(20)16-17-11-7-6-8-12-17;/h6-8,10-14,20,22H,2-5,9,15-16H2,1H3,(H,24,25,26);/q;+1/p-1. The van der Waals surface area contributed by atoms with Crippen LogP contribution in [0.15, 0.2) is 53.4 Å². The zero-order chi connectivity index (χ0) is 19.3. The second-order valence-corrected chi connectivity index (χ2v) is 8.43. The monoisotopic (exact) mass is 410 g/mol. The third-order valence-corrected chi connectivity index (χ3v) is 5.90. The summed E-state index contributed by atoms with van der Waals surface area (Å²) in [6, 6.07) is 14.8. The molecule has 0 saturated carbocycles. The molecule has 3 rings (SSSR count). The van der Waals surface area contributed by atoms with Crippen LogP contribution >= 0.6 is 0 Å². The van der Waals surface area contributed by atoms with Crippen LogP contribution in [0.5, 0.6) is 0 Å². The fourth-order valence-electron chi connectivity index (χ4n) is 3.69. The van der Waals surface area contributed by atoms with Crippen LogP contribution in [0.2, 0.25) is 0 Å². The van der Waals surface area contributed by atoms with Gasteiger partial charge in [-0.05, 0) is 30.5 Å². The van der Waals surface area contributed by atoms with Crippen molar-refractivity contribution in [2.24, 2.45) is 0 Å². The van der Waals surface area contributed by atoms with Crippen molar-refractivity contribution in [1.82, 2.24) is 0 Å². The summed E-state index contributed by atoms with van der Waals surface area (Å²) in [6.45, 7) is 2.76. The van der Waals surface area contributed by atoms with E-state index in [0.717, 1.165) is 30.5 Å². The number of rotatable bonds is 9. The van der Waals surface area contributed by atoms with Crippen molar-refractivity contribution < 1.29 is 42.5 Å². The Hall–Kier alpha value is -1.05. The SMILES string of the molecule is CCCCCCCC1Nc2cccc(S(=O)(=O)[O-])c2N1Cc1ccccc1.[Na+]. The van der Waals surface area contributed by atoms with Gasteiger partial charge in [-0.1, -0.05) is 69.0 Å². The number of unbranched alkanes of at least 4 members (excludes halogenated alkanes) is 4. The van der Waals surface area contributed by atoms with Gasteiger partial charge in [-0.15, -0.1) is 0 Å². The largest absolute Gasteiger partial charge is 1.00 e. The number of hydrogen-bond acceptors (Lipinski definition) is 5. The summed E-state index contributed by atoms with van der Waals surface area (Å²) >= 11 is 0. The molecule has 2 aromatic carbocycles. The van der Waals surface area contributed by atoms with Crippen LogP contribution in [0, 0.1) is 0 Å². The molecule has 7 heteroatoms. The van der Waals surface area contributed by atoms with Crippen molar-refractivity contribution in [3.05, 3.63) is 54.1 Å². The average molecular weight is 411 g/mol. The molecule has 1 heterocycles. The van der Waals surface area contributed by atoms with Gasteiger partial charge in [0.15, 0.2) is 0 Å². The topological polar surface area (TPSA) is 72.5 Å². The Balaban J connectivity index is 0.00000280. The summed E-state index contributed by atoms with van der Waals surface area (Å²) in [6.07, 6.45) is 6.79. The van der Waals surface area contributed by atoms with E-state index in [1.807, 2.05) is 41.3 Å². The van der Waals surface area contributed by atoms with E-state index in [4.69, 9.17) is 0 Å². The van der Waals surface area contributed by atoms with E-state index in [1.165, 1.54) is 25.3 Å². The van der Waals surface area contributed by atoms with Gasteiger partial charge in [0.25, 0.3) is 0 Å². The molecule has 1 aliphatic rings. The van der Waals surface area contributed by atoms with E-state index in [2.05, 4.69) is 12.2 Å². The summed E-state index contributed by atoms with van der Waals surface area (Å²) in [7, 11) is -4.54. The van der Waals surface area contributed by atoms with Gasteiger partial charge in [-0.25, -0.2) is 8.42 Å². The van der Waals surface area contributed by atoms with Gasteiger partial charge in [0.2, 0.25) is 0 Å². The smallest absolute Gasteiger partial charge is 0.744 e. The van der Waals surface area contributed by atoms with Crippen molar-refractivity contribution in [3.8, 4) is 0 Å². The fourth-order valence-corrected chi connectivity index (χ4v) is 4.40. The summed E-state index contributed by atoms with van der Waals surface area (Å²) in [4.78, 5) is 1.90. The van der Waals surface area contributed by atoms with Crippen LogP contribution in [0.25, 0.3) is 0 Å². The first-order valence-electron chi connectivity index (χ1n) is 9.66. The van der Waals surface area contributed by atoms with Gasteiger partial charge in [-0.3, -0.25) is 0 Å². The number of nitrogens with zero attached hydrogens (tertiary/aromatic N) is 1. The molecule has 1 atom stereocenters. The number of benzene rings is 2. The molecular weight excluding hydrogens is 383 g/mol. The van der Waals surface area contributed by atoms with Gasteiger partial charge in [0.1, 0.15) is 10.1 Å². The minimum absolute atomic E-state index is 0. The van der Waals surface area contributed by atoms with Crippen molar-refractivity contribution in [2.75, 3.05) is 10.2 Å². The third kappa shape index (κ3) is 5.74. The maximum Gasteiger partial charge on any atom is 1.00 e. The van der Waals surface area contributed by atoms with Gasteiger partial charge in [-0.2, -0.15) is 0 Å². The van der Waals surface area contributed by atoms with Gasteiger partial charge in [0, 0.05) is 6.54 Å². The Morgan fingerprint density at radius 3 is 2.39 bits per heavy atom. The Bertz CT molecular complexity index is 859. The first-order valence-corrected chi connectivity index (χ1v) is 11.1. The van der Waals surface area contributed by atoms with E-state index in [-0.39, 0.29) is 40.6 Å². The molecule has 0 saturated heterocycles. The molecule has 0 bridgehead atoms. The Labute approximate surface area is 190 Å². The number of nitrogens with one attached hydrogen (secondary N) is 1. The van der Waals surface area contributed by atoms with Crippen molar-refractivity contribution >= 4 is 21.5 Å². The number of anilines is 2. The molecule has 0 radical (unpaired) electrons. The summed E-state index contributed by atoms with van der Waals surface area (Å²) in [5.41, 5.74) is 2.32. The Kier molecular flexibility index (Phi) is 8.83. The summed E-state index contributed by atoms with van der Waals surface area (Å²) in [5.74, 6) is 0. The molecule has 1 aliphatic heterocycles. The maximum absolute atomic E-state index is 11.8. The molecule has 2 aromatic rings. The van der Waals surface area contributed by atoms with E-state index < -0.39 is 10.1 Å². The molecule has 0 aromatic heterocycles. The van der Waals surface area contributed by atoms with E-state index in [9.17, 15) is 13.0 Å². The predicted molar refractivity (Wildman–Crippen MR) is 108 cm³/mol. The summed E-state index contributed by atoms with van der Waals surface area (Å²) in [5, 5.41) is 3.43. The molecule has 1 N–H and O–H groups in total. The fraction of sp³-hybridized carbons (Fsp3) is 0.429. The Morgan fingerprint density at radius 2 is 1.71 bits per heavy atom. The predicted octanol–water partition coefficient (Wildman–Crippen LogP) is 1.71. The van der Waals surface area contributed by atoms with Gasteiger partial charge in [0.05, 0.1) is 22.4 Å². The molecule has 1 unspecified atom stereocenters.